The van der Waals surface area contributed by atoms with Gasteiger partial charge in [0, 0.05) is 12.7 Å². The van der Waals surface area contributed by atoms with Crippen LogP contribution in [0.4, 0.5) is 0 Å². The first-order chi connectivity index (χ1) is 13.8. The van der Waals surface area contributed by atoms with Crippen molar-refractivity contribution >= 4 is 17.8 Å². The summed E-state index contributed by atoms with van der Waals surface area (Å²) in [4.78, 5) is 40.6. The molecule has 9 heteroatoms. The van der Waals surface area contributed by atoms with E-state index in [4.69, 9.17) is 11.5 Å². The highest BCUT2D eigenvalue weighted by Gasteiger charge is 2.23. The Hall–Kier alpha value is -3.62. The van der Waals surface area contributed by atoms with Crippen LogP contribution in [0.15, 0.2) is 58.4 Å². The number of pyridine rings is 1. The zero-order chi connectivity index (χ0) is 21.4. The van der Waals surface area contributed by atoms with Crippen molar-refractivity contribution in [2.45, 2.75) is 31.8 Å². The Labute approximate surface area is 168 Å². The predicted molar refractivity (Wildman–Crippen MR) is 110 cm³/mol. The standard InChI is InChI=1S/C20H25N5O4/c1-13(14-7-3-2-4-8-14)25-12-6-9-15(18(25)27)17(26)24-16(19(28)29)10-5-11-23-20(21)22/h2-4,6-9,12-13,16H,5,10-11H2,1H3,(H,24,26)(H,28,29)(H4,21,22,23). The zero-order valence-electron chi connectivity index (χ0n) is 16.1. The fourth-order valence-corrected chi connectivity index (χ4v) is 2.88. The molecule has 1 aromatic heterocycles. The summed E-state index contributed by atoms with van der Waals surface area (Å²) in [5.41, 5.74) is 10.8. The first kappa shape index (κ1) is 21.7. The predicted octanol–water partition coefficient (Wildman–Crippen LogP) is 0.694. The van der Waals surface area contributed by atoms with Crippen molar-refractivity contribution in [1.29, 1.82) is 0 Å². The smallest absolute Gasteiger partial charge is 0.326 e. The maximum Gasteiger partial charge on any atom is 0.326 e. The lowest BCUT2D eigenvalue weighted by Crippen LogP contribution is -2.43. The number of hydrogen-bond acceptors (Lipinski definition) is 4. The molecular weight excluding hydrogens is 374 g/mol. The highest BCUT2D eigenvalue weighted by Crippen LogP contribution is 2.15. The number of amides is 1. The van der Waals surface area contributed by atoms with Crippen LogP contribution in [0.1, 0.15) is 41.7 Å². The number of aliphatic imine (C=N–C) groups is 1. The van der Waals surface area contributed by atoms with Gasteiger partial charge in [0.05, 0.1) is 6.04 Å². The number of carboxylic acid groups (broad SMARTS) is 1. The van der Waals surface area contributed by atoms with Crippen LogP contribution in [0.2, 0.25) is 0 Å². The van der Waals surface area contributed by atoms with Crippen molar-refractivity contribution in [1.82, 2.24) is 9.88 Å². The van der Waals surface area contributed by atoms with Crippen LogP contribution in [-0.4, -0.2) is 40.1 Å². The minimum Gasteiger partial charge on any atom is -0.480 e. The second-order valence-electron chi connectivity index (χ2n) is 6.53. The van der Waals surface area contributed by atoms with Crippen molar-refractivity contribution < 1.29 is 14.7 Å². The van der Waals surface area contributed by atoms with Gasteiger partial charge in [0.2, 0.25) is 0 Å². The number of carbonyl (C=O) groups excluding carboxylic acids is 1. The molecule has 6 N–H and O–H groups in total. The number of nitrogens with one attached hydrogen (secondary N) is 1. The number of rotatable bonds is 9. The van der Waals surface area contributed by atoms with Crippen LogP contribution in [-0.2, 0) is 4.79 Å². The lowest BCUT2D eigenvalue weighted by molar-refractivity contribution is -0.139. The van der Waals surface area contributed by atoms with Crippen molar-refractivity contribution in [2.24, 2.45) is 16.5 Å². The molecule has 154 valence electrons. The number of benzene rings is 1. The first-order valence-electron chi connectivity index (χ1n) is 9.16. The summed E-state index contributed by atoms with van der Waals surface area (Å²) in [6.07, 6.45) is 2.08. The van der Waals surface area contributed by atoms with Crippen molar-refractivity contribution in [3.63, 3.8) is 0 Å². The van der Waals surface area contributed by atoms with Gasteiger partial charge in [-0.25, -0.2) is 4.79 Å². The van der Waals surface area contributed by atoms with Gasteiger partial charge in [-0.2, -0.15) is 0 Å². The largest absolute Gasteiger partial charge is 0.480 e. The molecule has 0 bridgehead atoms. The van der Waals surface area contributed by atoms with Gasteiger partial charge >= 0.3 is 5.97 Å². The minimum atomic E-state index is -1.20. The van der Waals surface area contributed by atoms with E-state index < -0.39 is 23.5 Å². The number of aromatic nitrogens is 1. The normalized spacial score (nSPS) is 12.6. The van der Waals surface area contributed by atoms with Crippen molar-refractivity contribution in [3.8, 4) is 0 Å². The molecule has 1 aromatic carbocycles. The molecule has 2 rings (SSSR count). The topological polar surface area (TPSA) is 153 Å². The average Bonchev–Trinajstić information content (AvgIpc) is 2.70. The van der Waals surface area contributed by atoms with Gasteiger partial charge in [0.15, 0.2) is 5.96 Å². The number of carboxylic acids is 1. The van der Waals surface area contributed by atoms with E-state index in [0.29, 0.717) is 6.42 Å². The first-order valence-corrected chi connectivity index (χ1v) is 9.16. The number of guanidine groups is 1. The summed E-state index contributed by atoms with van der Waals surface area (Å²) in [7, 11) is 0. The minimum absolute atomic E-state index is 0.0849. The lowest BCUT2D eigenvalue weighted by atomic mass is 10.1. The van der Waals surface area contributed by atoms with E-state index in [0.717, 1.165) is 5.56 Å². The Morgan fingerprint density at radius 1 is 1.17 bits per heavy atom. The molecule has 0 aliphatic rings. The fraction of sp³-hybridized carbons (Fsp3) is 0.300. The third-order valence-electron chi connectivity index (χ3n) is 4.47. The molecule has 0 fully saturated rings. The van der Waals surface area contributed by atoms with Crippen LogP contribution >= 0.6 is 0 Å². The molecule has 2 atom stereocenters. The van der Waals surface area contributed by atoms with E-state index in [1.165, 1.54) is 10.6 Å². The quantitative estimate of drug-likeness (QED) is 0.276. The van der Waals surface area contributed by atoms with Gasteiger partial charge in [0.25, 0.3) is 11.5 Å². The number of carbonyl (C=O) groups is 2. The van der Waals surface area contributed by atoms with E-state index >= 15 is 0 Å². The monoisotopic (exact) mass is 399 g/mol. The maximum atomic E-state index is 12.8. The van der Waals surface area contributed by atoms with Crippen LogP contribution in [0.5, 0.6) is 0 Å². The highest BCUT2D eigenvalue weighted by molar-refractivity contribution is 5.96. The third kappa shape index (κ3) is 5.93. The summed E-state index contributed by atoms with van der Waals surface area (Å²) in [5.74, 6) is -2.02. The molecule has 0 saturated carbocycles. The lowest BCUT2D eigenvalue weighted by Gasteiger charge is -2.17. The zero-order valence-corrected chi connectivity index (χ0v) is 16.1. The van der Waals surface area contributed by atoms with Gasteiger partial charge in [-0.3, -0.25) is 14.6 Å². The Morgan fingerprint density at radius 2 is 1.86 bits per heavy atom. The number of hydrogen-bond donors (Lipinski definition) is 4. The Bertz CT molecular complexity index is 935. The molecule has 1 amide bonds. The van der Waals surface area contributed by atoms with Gasteiger partial charge in [0.1, 0.15) is 11.6 Å². The van der Waals surface area contributed by atoms with E-state index in [1.54, 1.807) is 12.3 Å². The summed E-state index contributed by atoms with van der Waals surface area (Å²) in [6, 6.07) is 10.9. The van der Waals surface area contributed by atoms with Crippen LogP contribution < -0.4 is 22.3 Å². The second-order valence-corrected chi connectivity index (χ2v) is 6.53. The molecule has 0 aliphatic carbocycles. The van der Waals surface area contributed by atoms with E-state index in [2.05, 4.69) is 10.3 Å². The van der Waals surface area contributed by atoms with E-state index in [1.807, 2.05) is 37.3 Å². The van der Waals surface area contributed by atoms with Gasteiger partial charge < -0.3 is 26.5 Å². The molecule has 9 nitrogen and oxygen atoms in total. The third-order valence-corrected chi connectivity index (χ3v) is 4.47. The molecular formula is C20H25N5O4. The molecule has 0 radical (unpaired) electrons. The SMILES string of the molecule is CC(c1ccccc1)n1cccc(C(=O)NC(CCCN=C(N)N)C(=O)O)c1=O. The summed E-state index contributed by atoms with van der Waals surface area (Å²) < 4.78 is 1.44. The molecule has 1 heterocycles. The summed E-state index contributed by atoms with van der Waals surface area (Å²) >= 11 is 0. The van der Waals surface area contributed by atoms with Crippen LogP contribution in [0.3, 0.4) is 0 Å². The van der Waals surface area contributed by atoms with Gasteiger partial charge in [-0.1, -0.05) is 30.3 Å². The Kier molecular flexibility index (Phi) is 7.53. The van der Waals surface area contributed by atoms with Crippen molar-refractivity contribution in [3.05, 3.63) is 70.1 Å². The molecule has 0 aliphatic heterocycles. The van der Waals surface area contributed by atoms with E-state index in [9.17, 15) is 19.5 Å². The Morgan fingerprint density at radius 3 is 2.48 bits per heavy atom. The number of aliphatic carboxylic acids is 1. The fourth-order valence-electron chi connectivity index (χ4n) is 2.88. The maximum absolute atomic E-state index is 12.8. The molecule has 2 aromatic rings. The summed E-state index contributed by atoms with van der Waals surface area (Å²) in [5, 5.41) is 11.8. The van der Waals surface area contributed by atoms with Gasteiger partial charge in [-0.15, -0.1) is 0 Å². The molecule has 2 unspecified atom stereocenters. The van der Waals surface area contributed by atoms with E-state index in [-0.39, 0.29) is 30.5 Å². The average molecular weight is 399 g/mol. The highest BCUT2D eigenvalue weighted by atomic mass is 16.4. The van der Waals surface area contributed by atoms with Crippen LogP contribution in [0, 0.1) is 0 Å². The van der Waals surface area contributed by atoms with Crippen molar-refractivity contribution in [2.75, 3.05) is 6.54 Å². The number of nitrogens with two attached hydrogens (primary N) is 2. The van der Waals surface area contributed by atoms with Gasteiger partial charge in [-0.05, 0) is 37.5 Å². The Balaban J connectivity index is 2.16. The molecule has 0 spiro atoms. The van der Waals surface area contributed by atoms with Crippen LogP contribution in [0.25, 0.3) is 0 Å². The second kappa shape index (κ2) is 10.1. The molecule has 0 saturated heterocycles. The summed E-state index contributed by atoms with van der Waals surface area (Å²) in [6.45, 7) is 2.09. The number of nitrogens with zero attached hydrogens (tertiary/aromatic N) is 2. The molecule has 29 heavy (non-hydrogen) atoms.